The van der Waals surface area contributed by atoms with E-state index in [9.17, 15) is 9.59 Å². The van der Waals surface area contributed by atoms with Crippen LogP contribution in [0.25, 0.3) is 0 Å². The second-order valence-electron chi connectivity index (χ2n) is 7.63. The quantitative estimate of drug-likeness (QED) is 0.765. The van der Waals surface area contributed by atoms with Crippen molar-refractivity contribution in [2.24, 2.45) is 5.92 Å². The standard InChI is InChI=1S/C19H26N6O4/c1-23-5-7-24(8-6-23)19(27)14-12-21-25-4-3-13(9-15(14)25)11-20-18(26)16-10-17(28-2)22-29-16/h10,12-13H,3-9,11H2,1-2H3,(H,20,26)/t13-/m0/s1. The third kappa shape index (κ3) is 4.12. The molecule has 10 nitrogen and oxygen atoms in total. The molecule has 4 heterocycles. The number of piperazine rings is 1. The van der Waals surface area contributed by atoms with Crippen molar-refractivity contribution in [1.82, 2.24) is 30.1 Å². The molecule has 0 aromatic carbocycles. The Morgan fingerprint density at radius 3 is 2.79 bits per heavy atom. The summed E-state index contributed by atoms with van der Waals surface area (Å²) in [4.78, 5) is 29.3. The number of methoxy groups -OCH3 is 1. The fourth-order valence-corrected chi connectivity index (χ4v) is 3.82. The number of fused-ring (bicyclic) bond motifs is 1. The number of carbonyl (C=O) groups is 2. The summed E-state index contributed by atoms with van der Waals surface area (Å²) in [5, 5.41) is 10.9. The third-order valence-corrected chi connectivity index (χ3v) is 5.67. The molecule has 29 heavy (non-hydrogen) atoms. The normalized spacial score (nSPS) is 19.7. The molecule has 2 aromatic rings. The lowest BCUT2D eigenvalue weighted by Crippen LogP contribution is -2.47. The van der Waals surface area contributed by atoms with E-state index in [0.717, 1.165) is 44.8 Å². The van der Waals surface area contributed by atoms with Gasteiger partial charge in [-0.1, -0.05) is 0 Å². The Bertz CT molecular complexity index is 883. The van der Waals surface area contributed by atoms with Gasteiger partial charge in [0.15, 0.2) is 0 Å². The molecule has 2 aliphatic rings. The van der Waals surface area contributed by atoms with E-state index >= 15 is 0 Å². The zero-order valence-corrected chi connectivity index (χ0v) is 16.8. The molecule has 156 valence electrons. The number of hydrogen-bond acceptors (Lipinski definition) is 7. The number of nitrogens with zero attached hydrogens (tertiary/aromatic N) is 5. The topological polar surface area (TPSA) is 106 Å². The molecule has 2 aromatic heterocycles. The highest BCUT2D eigenvalue weighted by molar-refractivity contribution is 5.95. The van der Waals surface area contributed by atoms with E-state index in [-0.39, 0.29) is 29.4 Å². The first-order valence-corrected chi connectivity index (χ1v) is 9.86. The van der Waals surface area contributed by atoms with E-state index in [4.69, 9.17) is 9.26 Å². The predicted molar refractivity (Wildman–Crippen MR) is 103 cm³/mol. The number of carbonyl (C=O) groups excluding carboxylic acids is 2. The van der Waals surface area contributed by atoms with Crippen molar-refractivity contribution in [2.75, 3.05) is 46.9 Å². The smallest absolute Gasteiger partial charge is 0.290 e. The zero-order valence-electron chi connectivity index (χ0n) is 16.8. The van der Waals surface area contributed by atoms with Gasteiger partial charge in [0, 0.05) is 39.3 Å². The summed E-state index contributed by atoms with van der Waals surface area (Å²) < 4.78 is 11.8. The van der Waals surface area contributed by atoms with Gasteiger partial charge in [-0.05, 0) is 31.0 Å². The molecule has 0 unspecified atom stereocenters. The van der Waals surface area contributed by atoms with Crippen LogP contribution in [-0.4, -0.2) is 83.4 Å². The first-order chi connectivity index (χ1) is 14.0. The van der Waals surface area contributed by atoms with Gasteiger partial charge in [0.25, 0.3) is 17.7 Å². The minimum atomic E-state index is -0.325. The highest BCUT2D eigenvalue weighted by atomic mass is 16.5. The first kappa shape index (κ1) is 19.4. The van der Waals surface area contributed by atoms with E-state index in [0.29, 0.717) is 18.5 Å². The molecule has 0 aliphatic carbocycles. The first-order valence-electron chi connectivity index (χ1n) is 9.86. The number of aromatic nitrogens is 3. The van der Waals surface area contributed by atoms with E-state index < -0.39 is 0 Å². The van der Waals surface area contributed by atoms with Gasteiger partial charge < -0.3 is 24.4 Å². The second-order valence-corrected chi connectivity index (χ2v) is 7.63. The van der Waals surface area contributed by atoms with Crippen LogP contribution in [0.5, 0.6) is 5.88 Å². The summed E-state index contributed by atoms with van der Waals surface area (Å²) in [6.07, 6.45) is 3.28. The number of rotatable bonds is 5. The van der Waals surface area contributed by atoms with Crippen LogP contribution in [0, 0.1) is 5.92 Å². The van der Waals surface area contributed by atoms with Gasteiger partial charge in [0.05, 0.1) is 30.6 Å². The molecule has 4 rings (SSSR count). The minimum Gasteiger partial charge on any atom is -0.479 e. The van der Waals surface area contributed by atoms with Crippen molar-refractivity contribution in [3.8, 4) is 5.88 Å². The second kappa shape index (κ2) is 8.24. The number of aryl methyl sites for hydroxylation is 1. The Hall–Kier alpha value is -2.88. The Morgan fingerprint density at radius 2 is 2.07 bits per heavy atom. The number of amides is 2. The molecule has 2 aliphatic heterocycles. The van der Waals surface area contributed by atoms with Gasteiger partial charge in [-0.3, -0.25) is 14.3 Å². The van der Waals surface area contributed by atoms with E-state index in [2.05, 4.69) is 27.5 Å². The largest absolute Gasteiger partial charge is 0.479 e. The van der Waals surface area contributed by atoms with E-state index in [1.54, 1.807) is 6.20 Å². The molecular formula is C19H26N6O4. The van der Waals surface area contributed by atoms with Crippen molar-refractivity contribution in [2.45, 2.75) is 19.4 Å². The molecule has 2 amide bonds. The molecular weight excluding hydrogens is 376 g/mol. The predicted octanol–water partition coefficient (Wildman–Crippen LogP) is 0.260. The maximum absolute atomic E-state index is 13.0. The van der Waals surface area contributed by atoms with Crippen LogP contribution in [0.3, 0.4) is 0 Å². The van der Waals surface area contributed by atoms with Crippen LogP contribution in [-0.2, 0) is 13.0 Å². The molecule has 1 N–H and O–H groups in total. The molecule has 1 fully saturated rings. The molecule has 0 radical (unpaired) electrons. The molecule has 1 saturated heterocycles. The minimum absolute atomic E-state index is 0.0535. The number of hydrogen-bond donors (Lipinski definition) is 1. The number of ether oxygens (including phenoxy) is 1. The Balaban J connectivity index is 1.37. The SMILES string of the molecule is COc1cc(C(=O)NC[C@H]2CCn3ncc(C(=O)N4CCN(C)CC4)c3C2)on1. The molecule has 0 spiro atoms. The van der Waals surface area contributed by atoms with Gasteiger partial charge in [0.2, 0.25) is 5.76 Å². The summed E-state index contributed by atoms with van der Waals surface area (Å²) in [5.74, 6) is 0.343. The molecule has 0 bridgehead atoms. The Morgan fingerprint density at radius 1 is 1.28 bits per heavy atom. The summed E-state index contributed by atoms with van der Waals surface area (Å²) in [6, 6.07) is 1.46. The monoisotopic (exact) mass is 402 g/mol. The Kier molecular flexibility index (Phi) is 5.52. The zero-order chi connectivity index (χ0) is 20.4. The van der Waals surface area contributed by atoms with Crippen molar-refractivity contribution in [1.29, 1.82) is 0 Å². The highest BCUT2D eigenvalue weighted by Gasteiger charge is 2.29. The van der Waals surface area contributed by atoms with E-state index in [1.807, 2.05) is 9.58 Å². The van der Waals surface area contributed by atoms with Gasteiger partial charge in [-0.2, -0.15) is 5.10 Å². The summed E-state index contributed by atoms with van der Waals surface area (Å²) >= 11 is 0. The van der Waals surface area contributed by atoms with E-state index in [1.165, 1.54) is 13.2 Å². The van der Waals surface area contributed by atoms with Crippen molar-refractivity contribution >= 4 is 11.8 Å². The van der Waals surface area contributed by atoms with Gasteiger partial charge >= 0.3 is 0 Å². The van der Waals surface area contributed by atoms with Crippen LogP contribution < -0.4 is 10.1 Å². The lowest BCUT2D eigenvalue weighted by molar-refractivity contribution is 0.0661. The van der Waals surface area contributed by atoms with Crippen molar-refractivity contribution < 1.29 is 18.8 Å². The maximum Gasteiger partial charge on any atom is 0.290 e. The maximum atomic E-state index is 13.0. The van der Waals surface area contributed by atoms with Gasteiger partial charge in [-0.15, -0.1) is 0 Å². The van der Waals surface area contributed by atoms with Crippen molar-refractivity contribution in [3.05, 3.63) is 29.3 Å². The lowest BCUT2D eigenvalue weighted by atomic mass is 9.94. The van der Waals surface area contributed by atoms with Gasteiger partial charge in [0.1, 0.15) is 0 Å². The van der Waals surface area contributed by atoms with Crippen LogP contribution in [0.4, 0.5) is 0 Å². The van der Waals surface area contributed by atoms with Crippen molar-refractivity contribution in [3.63, 3.8) is 0 Å². The van der Waals surface area contributed by atoms with Crippen LogP contribution in [0.15, 0.2) is 16.8 Å². The molecule has 1 atom stereocenters. The highest BCUT2D eigenvalue weighted by Crippen LogP contribution is 2.24. The molecule has 10 heteroatoms. The average Bonchev–Trinajstić information content (AvgIpc) is 3.39. The summed E-state index contributed by atoms with van der Waals surface area (Å²) in [6.45, 7) is 4.48. The lowest BCUT2D eigenvalue weighted by Gasteiger charge is -2.32. The average molecular weight is 402 g/mol. The Labute approximate surface area is 168 Å². The fraction of sp³-hybridized carbons (Fsp3) is 0.579. The fourth-order valence-electron chi connectivity index (χ4n) is 3.82. The van der Waals surface area contributed by atoms with Crippen LogP contribution in [0.2, 0.25) is 0 Å². The van der Waals surface area contributed by atoms with Gasteiger partial charge in [-0.25, -0.2) is 0 Å². The third-order valence-electron chi connectivity index (χ3n) is 5.67. The molecule has 0 saturated carbocycles. The summed E-state index contributed by atoms with van der Waals surface area (Å²) in [5.41, 5.74) is 1.64. The van der Waals surface area contributed by atoms with Crippen LogP contribution in [0.1, 0.15) is 33.0 Å². The number of nitrogens with one attached hydrogen (secondary N) is 1. The number of likely N-dealkylation sites (N-methyl/N-ethyl adjacent to an activating group) is 1. The van der Waals surface area contributed by atoms with Crippen LogP contribution >= 0.6 is 0 Å². The summed E-state index contributed by atoms with van der Waals surface area (Å²) in [7, 11) is 3.53.